The fourth-order valence-corrected chi connectivity index (χ4v) is 1.87. The molecule has 0 amide bonds. The highest BCUT2D eigenvalue weighted by Crippen LogP contribution is 2.25. The van der Waals surface area contributed by atoms with Gasteiger partial charge in [0.2, 0.25) is 0 Å². The van der Waals surface area contributed by atoms with Crippen LogP contribution in [-0.2, 0) is 13.2 Å². The normalized spacial score (nSPS) is 10.6. The number of nitrogens with zero attached hydrogens (tertiary/aromatic N) is 2. The van der Waals surface area contributed by atoms with Crippen LogP contribution in [0.3, 0.4) is 0 Å². The number of aromatic nitrogens is 2. The topological polar surface area (TPSA) is 69.4 Å². The van der Waals surface area contributed by atoms with Gasteiger partial charge in [-0.2, -0.15) is 0 Å². The van der Waals surface area contributed by atoms with Gasteiger partial charge >= 0.3 is 0 Å². The minimum atomic E-state index is 0.323. The van der Waals surface area contributed by atoms with Crippen molar-refractivity contribution in [2.75, 3.05) is 13.7 Å². The summed E-state index contributed by atoms with van der Waals surface area (Å²) in [5.74, 6) is 1.54. The first-order valence-electron chi connectivity index (χ1n) is 7.03. The van der Waals surface area contributed by atoms with Crippen LogP contribution in [0, 0.1) is 6.92 Å². The summed E-state index contributed by atoms with van der Waals surface area (Å²) in [6.07, 6.45) is 1.09. The fourth-order valence-electron chi connectivity index (χ4n) is 1.87. The Morgan fingerprint density at radius 3 is 2.81 bits per heavy atom. The van der Waals surface area contributed by atoms with Gasteiger partial charge in [0.05, 0.1) is 7.11 Å². The second-order valence-corrected chi connectivity index (χ2v) is 4.74. The molecule has 114 valence electrons. The van der Waals surface area contributed by atoms with Crippen LogP contribution in [0.4, 0.5) is 0 Å². The Kier molecular flexibility index (Phi) is 5.57. The van der Waals surface area contributed by atoms with Gasteiger partial charge in [-0.25, -0.2) is 4.63 Å². The van der Waals surface area contributed by atoms with Gasteiger partial charge < -0.3 is 14.8 Å². The molecule has 1 aromatic heterocycles. The standard InChI is InChI=1S/C15H21N3O3/c1-4-7-16-9-12-5-6-13(19-3)8-15(12)20-10-14-11(2)17-21-18-14/h5-6,8,16H,4,7,9-10H2,1-3H3. The third-order valence-corrected chi connectivity index (χ3v) is 3.13. The van der Waals surface area contributed by atoms with Crippen molar-refractivity contribution in [3.8, 4) is 11.5 Å². The molecule has 6 heteroatoms. The summed E-state index contributed by atoms with van der Waals surface area (Å²) < 4.78 is 15.8. The van der Waals surface area contributed by atoms with E-state index < -0.39 is 0 Å². The molecular formula is C15H21N3O3. The first-order valence-corrected chi connectivity index (χ1v) is 7.03. The maximum Gasteiger partial charge on any atom is 0.145 e. The Morgan fingerprint density at radius 2 is 2.14 bits per heavy atom. The van der Waals surface area contributed by atoms with E-state index in [1.54, 1.807) is 7.11 Å². The van der Waals surface area contributed by atoms with E-state index in [9.17, 15) is 0 Å². The van der Waals surface area contributed by atoms with Crippen LogP contribution in [0.25, 0.3) is 0 Å². The van der Waals surface area contributed by atoms with Crippen molar-refractivity contribution >= 4 is 0 Å². The van der Waals surface area contributed by atoms with E-state index in [1.807, 2.05) is 25.1 Å². The quantitative estimate of drug-likeness (QED) is 0.753. The van der Waals surface area contributed by atoms with Gasteiger partial charge in [0.25, 0.3) is 0 Å². The predicted octanol–water partition coefficient (Wildman–Crippen LogP) is 2.47. The van der Waals surface area contributed by atoms with E-state index in [2.05, 4.69) is 27.2 Å². The predicted molar refractivity (Wildman–Crippen MR) is 78.4 cm³/mol. The van der Waals surface area contributed by atoms with Crippen LogP contribution in [0.5, 0.6) is 11.5 Å². The summed E-state index contributed by atoms with van der Waals surface area (Å²) in [5, 5.41) is 10.9. The summed E-state index contributed by atoms with van der Waals surface area (Å²) >= 11 is 0. The molecule has 0 spiro atoms. The number of ether oxygens (including phenoxy) is 2. The van der Waals surface area contributed by atoms with Crippen LogP contribution >= 0.6 is 0 Å². The molecule has 2 aromatic rings. The number of benzene rings is 1. The highest BCUT2D eigenvalue weighted by atomic mass is 16.6. The number of aryl methyl sites for hydroxylation is 1. The summed E-state index contributed by atoms with van der Waals surface area (Å²) in [5.41, 5.74) is 2.52. The lowest BCUT2D eigenvalue weighted by Crippen LogP contribution is -2.14. The van der Waals surface area contributed by atoms with Crippen molar-refractivity contribution in [3.63, 3.8) is 0 Å². The van der Waals surface area contributed by atoms with E-state index >= 15 is 0 Å². The maximum atomic E-state index is 5.85. The second kappa shape index (κ2) is 7.64. The molecule has 0 unspecified atom stereocenters. The Balaban J connectivity index is 2.08. The Labute approximate surface area is 124 Å². The molecule has 0 saturated carbocycles. The molecule has 0 saturated heterocycles. The summed E-state index contributed by atoms with van der Waals surface area (Å²) in [6, 6.07) is 5.81. The highest BCUT2D eigenvalue weighted by molar-refractivity contribution is 5.40. The molecule has 0 fully saturated rings. The molecule has 0 atom stereocenters. The van der Waals surface area contributed by atoms with Gasteiger partial charge in [0.15, 0.2) is 0 Å². The van der Waals surface area contributed by atoms with Crippen molar-refractivity contribution in [1.82, 2.24) is 15.6 Å². The van der Waals surface area contributed by atoms with E-state index in [4.69, 9.17) is 9.47 Å². The van der Waals surface area contributed by atoms with Crippen LogP contribution in [0.15, 0.2) is 22.8 Å². The van der Waals surface area contributed by atoms with Crippen molar-refractivity contribution in [2.24, 2.45) is 0 Å². The Morgan fingerprint density at radius 1 is 1.29 bits per heavy atom. The molecule has 21 heavy (non-hydrogen) atoms. The molecule has 1 aromatic carbocycles. The fraction of sp³-hybridized carbons (Fsp3) is 0.467. The third-order valence-electron chi connectivity index (χ3n) is 3.13. The van der Waals surface area contributed by atoms with Crippen LogP contribution in [0.2, 0.25) is 0 Å². The molecule has 0 aliphatic carbocycles. The average molecular weight is 291 g/mol. The highest BCUT2D eigenvalue weighted by Gasteiger charge is 2.10. The zero-order valence-electron chi connectivity index (χ0n) is 12.7. The number of hydrogen-bond acceptors (Lipinski definition) is 6. The molecule has 6 nitrogen and oxygen atoms in total. The number of hydrogen-bond donors (Lipinski definition) is 1. The van der Waals surface area contributed by atoms with Crippen molar-refractivity contribution in [1.29, 1.82) is 0 Å². The van der Waals surface area contributed by atoms with E-state index in [1.165, 1.54) is 0 Å². The first-order chi connectivity index (χ1) is 10.2. The van der Waals surface area contributed by atoms with Gasteiger partial charge in [0.1, 0.15) is 29.5 Å². The summed E-state index contributed by atoms with van der Waals surface area (Å²) in [7, 11) is 1.64. The van der Waals surface area contributed by atoms with Gasteiger partial charge in [-0.3, -0.25) is 0 Å². The lowest BCUT2D eigenvalue weighted by molar-refractivity contribution is 0.267. The molecule has 2 rings (SSSR count). The van der Waals surface area contributed by atoms with Gasteiger partial charge in [-0.15, -0.1) is 0 Å². The smallest absolute Gasteiger partial charge is 0.145 e. The zero-order chi connectivity index (χ0) is 15.1. The largest absolute Gasteiger partial charge is 0.497 e. The Bertz CT molecular complexity index is 569. The van der Waals surface area contributed by atoms with E-state index in [-0.39, 0.29) is 0 Å². The minimum Gasteiger partial charge on any atom is -0.497 e. The molecular weight excluding hydrogens is 270 g/mol. The minimum absolute atomic E-state index is 0.323. The summed E-state index contributed by atoms with van der Waals surface area (Å²) in [6.45, 7) is 6.02. The van der Waals surface area contributed by atoms with Crippen molar-refractivity contribution in [2.45, 2.75) is 33.4 Å². The van der Waals surface area contributed by atoms with Crippen LogP contribution in [0.1, 0.15) is 30.3 Å². The van der Waals surface area contributed by atoms with Crippen molar-refractivity contribution in [3.05, 3.63) is 35.2 Å². The second-order valence-electron chi connectivity index (χ2n) is 4.74. The monoisotopic (exact) mass is 291 g/mol. The Hall–Kier alpha value is -2.08. The zero-order valence-corrected chi connectivity index (χ0v) is 12.7. The third kappa shape index (κ3) is 4.19. The number of methoxy groups -OCH3 is 1. The molecule has 0 aliphatic heterocycles. The van der Waals surface area contributed by atoms with Gasteiger partial charge in [-0.1, -0.05) is 23.3 Å². The molecule has 1 heterocycles. The van der Waals surface area contributed by atoms with E-state index in [0.717, 1.165) is 42.3 Å². The average Bonchev–Trinajstić information content (AvgIpc) is 2.91. The lowest BCUT2D eigenvalue weighted by Gasteiger charge is -2.13. The van der Waals surface area contributed by atoms with Crippen LogP contribution in [-0.4, -0.2) is 24.0 Å². The molecule has 0 bridgehead atoms. The SMILES string of the molecule is CCCNCc1ccc(OC)cc1OCc1nonc1C. The number of nitrogens with one attached hydrogen (secondary N) is 1. The summed E-state index contributed by atoms with van der Waals surface area (Å²) in [4.78, 5) is 0. The molecule has 0 radical (unpaired) electrons. The lowest BCUT2D eigenvalue weighted by atomic mass is 10.2. The van der Waals surface area contributed by atoms with E-state index in [0.29, 0.717) is 12.3 Å². The van der Waals surface area contributed by atoms with Gasteiger partial charge in [0, 0.05) is 18.2 Å². The number of rotatable bonds is 8. The van der Waals surface area contributed by atoms with Crippen molar-refractivity contribution < 1.29 is 14.1 Å². The maximum absolute atomic E-state index is 5.85. The van der Waals surface area contributed by atoms with Crippen LogP contribution < -0.4 is 14.8 Å². The molecule has 1 N–H and O–H groups in total. The van der Waals surface area contributed by atoms with Gasteiger partial charge in [-0.05, 0) is 26.0 Å². The molecule has 0 aliphatic rings. The first kappa shape index (κ1) is 15.3.